The van der Waals surface area contributed by atoms with Crippen molar-refractivity contribution in [3.63, 3.8) is 0 Å². The molecule has 0 atom stereocenters. The lowest BCUT2D eigenvalue weighted by Gasteiger charge is -2.34. The SMILES string of the molecule is CCOC(=O)N1CCN(c2cc(Nc3ccc(OC)cc3)ncn2)CC1. The number of piperazine rings is 1. The lowest BCUT2D eigenvalue weighted by atomic mass is 10.3. The van der Waals surface area contributed by atoms with Gasteiger partial charge in [-0.1, -0.05) is 0 Å². The van der Waals surface area contributed by atoms with Crippen LogP contribution in [0, 0.1) is 0 Å². The van der Waals surface area contributed by atoms with E-state index in [4.69, 9.17) is 9.47 Å². The molecule has 138 valence electrons. The summed E-state index contributed by atoms with van der Waals surface area (Å²) in [5.74, 6) is 2.35. The Balaban J connectivity index is 1.61. The minimum absolute atomic E-state index is 0.253. The molecule has 3 rings (SSSR count). The number of methoxy groups -OCH3 is 1. The average Bonchev–Trinajstić information content (AvgIpc) is 2.69. The molecular weight excluding hydrogens is 334 g/mol. The van der Waals surface area contributed by atoms with E-state index < -0.39 is 0 Å². The van der Waals surface area contributed by atoms with Crippen molar-refractivity contribution in [2.75, 3.05) is 50.1 Å². The first-order valence-electron chi connectivity index (χ1n) is 8.59. The number of nitrogens with zero attached hydrogens (tertiary/aromatic N) is 4. The predicted octanol–water partition coefficient (Wildman–Crippen LogP) is 2.51. The van der Waals surface area contributed by atoms with E-state index in [2.05, 4.69) is 20.2 Å². The van der Waals surface area contributed by atoms with Gasteiger partial charge in [-0.2, -0.15) is 0 Å². The molecule has 1 fully saturated rings. The molecule has 8 heteroatoms. The topological polar surface area (TPSA) is 79.8 Å². The van der Waals surface area contributed by atoms with E-state index in [9.17, 15) is 4.79 Å². The van der Waals surface area contributed by atoms with E-state index in [0.29, 0.717) is 38.6 Å². The van der Waals surface area contributed by atoms with E-state index in [-0.39, 0.29) is 6.09 Å². The van der Waals surface area contributed by atoms with Crippen LogP contribution in [0.2, 0.25) is 0 Å². The van der Waals surface area contributed by atoms with E-state index >= 15 is 0 Å². The van der Waals surface area contributed by atoms with Crippen molar-refractivity contribution in [1.29, 1.82) is 0 Å². The molecule has 2 aromatic rings. The number of rotatable bonds is 5. The summed E-state index contributed by atoms with van der Waals surface area (Å²) in [6.45, 7) is 4.85. The molecule has 0 unspecified atom stereocenters. The van der Waals surface area contributed by atoms with Gasteiger partial charge >= 0.3 is 6.09 Å². The molecule has 0 aliphatic carbocycles. The molecule has 26 heavy (non-hydrogen) atoms. The van der Waals surface area contributed by atoms with Gasteiger partial charge in [0.15, 0.2) is 0 Å². The zero-order valence-electron chi connectivity index (χ0n) is 15.0. The summed E-state index contributed by atoms with van der Waals surface area (Å²) in [5.41, 5.74) is 0.919. The Morgan fingerprint density at radius 3 is 2.54 bits per heavy atom. The third-order valence-corrected chi connectivity index (χ3v) is 4.14. The third-order valence-electron chi connectivity index (χ3n) is 4.14. The maximum Gasteiger partial charge on any atom is 0.409 e. The number of anilines is 3. The Morgan fingerprint density at radius 2 is 1.88 bits per heavy atom. The van der Waals surface area contributed by atoms with Crippen LogP contribution in [-0.4, -0.2) is 60.9 Å². The van der Waals surface area contributed by atoms with Crippen LogP contribution in [0.15, 0.2) is 36.7 Å². The molecule has 0 saturated carbocycles. The Morgan fingerprint density at radius 1 is 1.15 bits per heavy atom. The van der Waals surface area contributed by atoms with Crippen molar-refractivity contribution in [2.45, 2.75) is 6.92 Å². The molecule has 1 aromatic carbocycles. The fourth-order valence-electron chi connectivity index (χ4n) is 2.74. The molecule has 8 nitrogen and oxygen atoms in total. The zero-order valence-corrected chi connectivity index (χ0v) is 15.0. The van der Waals surface area contributed by atoms with E-state index in [0.717, 1.165) is 17.3 Å². The zero-order chi connectivity index (χ0) is 18.4. The smallest absolute Gasteiger partial charge is 0.409 e. The number of ether oxygens (including phenoxy) is 2. The number of amides is 1. The maximum absolute atomic E-state index is 11.8. The molecule has 0 radical (unpaired) electrons. The van der Waals surface area contributed by atoms with Crippen molar-refractivity contribution in [2.24, 2.45) is 0 Å². The summed E-state index contributed by atoms with van der Waals surface area (Å²) in [6.07, 6.45) is 1.29. The highest BCUT2D eigenvalue weighted by molar-refractivity contribution is 5.68. The average molecular weight is 357 g/mol. The van der Waals surface area contributed by atoms with Gasteiger partial charge in [0.2, 0.25) is 0 Å². The monoisotopic (exact) mass is 357 g/mol. The van der Waals surface area contributed by atoms with Gasteiger partial charge in [0.05, 0.1) is 13.7 Å². The Kier molecular flexibility index (Phi) is 5.73. The van der Waals surface area contributed by atoms with Gasteiger partial charge in [-0.15, -0.1) is 0 Å². The molecule has 1 aliphatic rings. The molecule has 1 amide bonds. The van der Waals surface area contributed by atoms with Crippen molar-refractivity contribution in [3.8, 4) is 5.75 Å². The molecule has 2 heterocycles. The van der Waals surface area contributed by atoms with Gasteiger partial charge in [0.25, 0.3) is 0 Å². The second kappa shape index (κ2) is 8.37. The summed E-state index contributed by atoms with van der Waals surface area (Å²) in [6, 6.07) is 9.54. The van der Waals surface area contributed by atoms with Crippen molar-refractivity contribution >= 4 is 23.4 Å². The largest absolute Gasteiger partial charge is 0.497 e. The van der Waals surface area contributed by atoms with Crippen LogP contribution in [-0.2, 0) is 4.74 Å². The Hall–Kier alpha value is -3.03. The van der Waals surface area contributed by atoms with Gasteiger partial charge in [0, 0.05) is 37.9 Å². The standard InChI is InChI=1S/C18H23N5O3/c1-3-26-18(24)23-10-8-22(9-11-23)17-12-16(19-13-20-17)21-14-4-6-15(25-2)7-5-14/h4-7,12-13H,3,8-11H2,1-2H3,(H,19,20,21). The molecular formula is C18H23N5O3. The van der Waals surface area contributed by atoms with Gasteiger partial charge in [-0.25, -0.2) is 14.8 Å². The van der Waals surface area contributed by atoms with E-state index in [1.807, 2.05) is 37.3 Å². The van der Waals surface area contributed by atoms with Crippen molar-refractivity contribution < 1.29 is 14.3 Å². The van der Waals surface area contributed by atoms with Crippen LogP contribution in [0.25, 0.3) is 0 Å². The first kappa shape index (κ1) is 17.8. The number of hydrogen-bond acceptors (Lipinski definition) is 7. The Bertz CT molecular complexity index is 730. The number of carbonyl (C=O) groups is 1. The van der Waals surface area contributed by atoms with E-state index in [1.165, 1.54) is 0 Å². The minimum atomic E-state index is -0.253. The summed E-state index contributed by atoms with van der Waals surface area (Å²) in [7, 11) is 1.64. The number of hydrogen-bond donors (Lipinski definition) is 1. The van der Waals surface area contributed by atoms with Gasteiger partial charge < -0.3 is 24.6 Å². The molecule has 1 N–H and O–H groups in total. The van der Waals surface area contributed by atoms with Crippen LogP contribution in [0.3, 0.4) is 0 Å². The fourth-order valence-corrected chi connectivity index (χ4v) is 2.74. The third kappa shape index (κ3) is 4.33. The summed E-state index contributed by atoms with van der Waals surface area (Å²) >= 11 is 0. The lowest BCUT2D eigenvalue weighted by molar-refractivity contribution is 0.105. The first-order valence-corrected chi connectivity index (χ1v) is 8.59. The lowest BCUT2D eigenvalue weighted by Crippen LogP contribution is -2.49. The number of carbonyl (C=O) groups excluding carboxylic acids is 1. The Labute approximate surface area is 152 Å². The first-order chi connectivity index (χ1) is 12.7. The number of aromatic nitrogens is 2. The molecule has 1 aromatic heterocycles. The van der Waals surface area contributed by atoms with Crippen LogP contribution in [0.4, 0.5) is 22.1 Å². The summed E-state index contributed by atoms with van der Waals surface area (Å²) in [5, 5.41) is 3.26. The highest BCUT2D eigenvalue weighted by Gasteiger charge is 2.22. The summed E-state index contributed by atoms with van der Waals surface area (Å²) < 4.78 is 10.2. The normalized spacial score (nSPS) is 14.1. The fraction of sp³-hybridized carbons (Fsp3) is 0.389. The number of nitrogens with one attached hydrogen (secondary N) is 1. The molecule has 1 saturated heterocycles. The summed E-state index contributed by atoms with van der Waals surface area (Å²) in [4.78, 5) is 24.3. The second-order valence-corrected chi connectivity index (χ2v) is 5.79. The second-order valence-electron chi connectivity index (χ2n) is 5.79. The van der Waals surface area contributed by atoms with Crippen LogP contribution in [0.5, 0.6) is 5.75 Å². The van der Waals surface area contributed by atoms with Crippen LogP contribution in [0.1, 0.15) is 6.92 Å². The predicted molar refractivity (Wildman–Crippen MR) is 99.1 cm³/mol. The highest BCUT2D eigenvalue weighted by atomic mass is 16.6. The maximum atomic E-state index is 11.8. The molecule has 0 spiro atoms. The van der Waals surface area contributed by atoms with Crippen LogP contribution >= 0.6 is 0 Å². The molecule has 1 aliphatic heterocycles. The number of benzene rings is 1. The van der Waals surface area contributed by atoms with Gasteiger partial charge in [-0.3, -0.25) is 0 Å². The molecule has 0 bridgehead atoms. The van der Waals surface area contributed by atoms with Gasteiger partial charge in [0.1, 0.15) is 23.7 Å². The highest BCUT2D eigenvalue weighted by Crippen LogP contribution is 2.21. The van der Waals surface area contributed by atoms with Crippen molar-refractivity contribution in [3.05, 3.63) is 36.7 Å². The minimum Gasteiger partial charge on any atom is -0.497 e. The van der Waals surface area contributed by atoms with E-state index in [1.54, 1.807) is 18.3 Å². The van der Waals surface area contributed by atoms with Crippen LogP contribution < -0.4 is 15.0 Å². The van der Waals surface area contributed by atoms with Crippen molar-refractivity contribution in [1.82, 2.24) is 14.9 Å². The quantitative estimate of drug-likeness (QED) is 0.880. The van der Waals surface area contributed by atoms with Gasteiger partial charge in [-0.05, 0) is 31.2 Å².